The van der Waals surface area contributed by atoms with Crippen LogP contribution in [0, 0.1) is 0 Å². The summed E-state index contributed by atoms with van der Waals surface area (Å²) in [4.78, 5) is 17.4. The first-order valence-electron chi connectivity index (χ1n) is 11.6. The fraction of sp³-hybridized carbons (Fsp3) is 0.360. The predicted molar refractivity (Wildman–Crippen MR) is 127 cm³/mol. The number of furan rings is 1. The zero-order valence-electron chi connectivity index (χ0n) is 19.5. The summed E-state index contributed by atoms with van der Waals surface area (Å²) < 4.78 is 11.6. The number of aliphatic hydroxyl groups excluding tert-OH is 1. The largest absolute Gasteiger partial charge is 0.485 e. The van der Waals surface area contributed by atoms with E-state index in [9.17, 15) is 9.90 Å². The van der Waals surface area contributed by atoms with Crippen molar-refractivity contribution in [1.29, 1.82) is 0 Å². The molecule has 0 spiro atoms. The van der Waals surface area contributed by atoms with Gasteiger partial charge in [0, 0.05) is 37.5 Å². The van der Waals surface area contributed by atoms with Gasteiger partial charge in [-0.25, -0.2) is 0 Å². The summed E-state index contributed by atoms with van der Waals surface area (Å²) in [6.45, 7) is 2.17. The number of H-pyrrole nitrogens is 1. The van der Waals surface area contributed by atoms with Gasteiger partial charge in [0.25, 0.3) is 0 Å². The lowest BCUT2D eigenvalue weighted by molar-refractivity contribution is -0.132. The minimum absolute atomic E-state index is 0.0482. The molecule has 0 aliphatic carbocycles. The third-order valence-corrected chi connectivity index (χ3v) is 6.44. The van der Waals surface area contributed by atoms with Gasteiger partial charge in [-0.2, -0.15) is 5.21 Å². The van der Waals surface area contributed by atoms with Crippen molar-refractivity contribution in [2.45, 2.75) is 31.6 Å². The molecule has 2 aromatic carbocycles. The molecule has 4 aromatic rings. The molecule has 0 unspecified atom stereocenters. The van der Waals surface area contributed by atoms with Crippen molar-refractivity contribution >= 4 is 16.7 Å². The SMILES string of the molecule is CN(C(=O)Cc1occ2ccccc12)[C@H](CN1CC[C@H](O)C1)c1cccc(OCc2nn[nH]n2)c1. The average Bonchev–Trinajstić information content (AvgIpc) is 3.63. The van der Waals surface area contributed by atoms with Crippen molar-refractivity contribution in [3.8, 4) is 5.75 Å². The second-order valence-corrected chi connectivity index (χ2v) is 8.83. The molecule has 0 radical (unpaired) electrons. The van der Waals surface area contributed by atoms with Crippen LogP contribution in [-0.4, -0.2) is 74.2 Å². The van der Waals surface area contributed by atoms with Gasteiger partial charge < -0.3 is 19.2 Å². The van der Waals surface area contributed by atoms with E-state index in [1.807, 2.05) is 55.6 Å². The number of hydrogen-bond acceptors (Lipinski definition) is 8. The first kappa shape index (κ1) is 23.0. The summed E-state index contributed by atoms with van der Waals surface area (Å²) in [5.74, 6) is 1.71. The number of benzene rings is 2. The average molecular weight is 477 g/mol. The summed E-state index contributed by atoms with van der Waals surface area (Å²) in [6, 6.07) is 15.3. The van der Waals surface area contributed by atoms with Gasteiger partial charge in [-0.3, -0.25) is 9.69 Å². The molecule has 1 aliphatic rings. The molecule has 1 amide bonds. The number of aromatic amines is 1. The highest BCUT2D eigenvalue weighted by Crippen LogP contribution is 2.28. The maximum atomic E-state index is 13.4. The summed E-state index contributed by atoms with van der Waals surface area (Å²) in [7, 11) is 1.82. The van der Waals surface area contributed by atoms with Crippen LogP contribution in [0.25, 0.3) is 10.8 Å². The van der Waals surface area contributed by atoms with Gasteiger partial charge >= 0.3 is 0 Å². The van der Waals surface area contributed by atoms with Crippen LogP contribution in [-0.2, 0) is 17.8 Å². The number of aliphatic hydroxyl groups is 1. The van der Waals surface area contributed by atoms with Crippen LogP contribution >= 0.6 is 0 Å². The molecule has 5 rings (SSSR count). The van der Waals surface area contributed by atoms with Crippen LogP contribution in [0.5, 0.6) is 5.75 Å². The minimum Gasteiger partial charge on any atom is -0.485 e. The number of aromatic nitrogens is 4. The van der Waals surface area contributed by atoms with Gasteiger partial charge in [-0.15, -0.1) is 10.2 Å². The quantitative estimate of drug-likeness (QED) is 0.378. The van der Waals surface area contributed by atoms with Crippen molar-refractivity contribution in [1.82, 2.24) is 30.4 Å². The van der Waals surface area contributed by atoms with Gasteiger partial charge in [0.05, 0.1) is 24.8 Å². The topological polar surface area (TPSA) is 121 Å². The van der Waals surface area contributed by atoms with Gasteiger partial charge in [0.1, 0.15) is 11.5 Å². The molecule has 1 fully saturated rings. The number of rotatable bonds is 9. The highest BCUT2D eigenvalue weighted by atomic mass is 16.5. The number of carbonyl (C=O) groups is 1. The second kappa shape index (κ2) is 10.2. The highest BCUT2D eigenvalue weighted by Gasteiger charge is 2.29. The molecule has 0 saturated carbocycles. The Labute approximate surface area is 202 Å². The standard InChI is InChI=1S/C25H28N6O4/c1-30(25(33)12-23-21-8-3-2-5-18(21)15-35-23)22(14-31-10-9-19(32)13-31)17-6-4-7-20(11-17)34-16-24-26-28-29-27-24/h2-8,11,15,19,22,32H,9-10,12-14,16H2,1H3,(H,26,27,28,29)/t19-,22+/m0/s1. The maximum Gasteiger partial charge on any atom is 0.230 e. The number of likely N-dealkylation sites (tertiary alicyclic amines) is 1. The number of hydrogen-bond donors (Lipinski definition) is 2. The van der Waals surface area contributed by atoms with Crippen LogP contribution < -0.4 is 4.74 Å². The smallest absolute Gasteiger partial charge is 0.230 e. The molecular formula is C25H28N6O4. The molecule has 35 heavy (non-hydrogen) atoms. The Morgan fingerprint density at radius 2 is 2.20 bits per heavy atom. The second-order valence-electron chi connectivity index (χ2n) is 8.83. The fourth-order valence-electron chi connectivity index (χ4n) is 4.50. The van der Waals surface area contributed by atoms with Crippen molar-refractivity contribution in [3.63, 3.8) is 0 Å². The van der Waals surface area contributed by atoms with Crippen LogP contribution in [0.3, 0.4) is 0 Å². The maximum absolute atomic E-state index is 13.4. The molecule has 3 heterocycles. The molecule has 1 aliphatic heterocycles. The van der Waals surface area contributed by atoms with Crippen LogP contribution in [0.4, 0.5) is 0 Å². The lowest BCUT2D eigenvalue weighted by atomic mass is 10.0. The lowest BCUT2D eigenvalue weighted by Gasteiger charge is -2.32. The molecule has 1 saturated heterocycles. The molecule has 2 aromatic heterocycles. The molecule has 10 heteroatoms. The third kappa shape index (κ3) is 5.33. The molecule has 0 bridgehead atoms. The van der Waals surface area contributed by atoms with Crippen LogP contribution in [0.2, 0.25) is 0 Å². The summed E-state index contributed by atoms with van der Waals surface area (Å²) >= 11 is 0. The fourth-order valence-corrected chi connectivity index (χ4v) is 4.50. The number of carbonyl (C=O) groups excluding carboxylic acids is 1. The molecule has 10 nitrogen and oxygen atoms in total. The molecule has 2 atom stereocenters. The number of fused-ring (bicyclic) bond motifs is 1. The van der Waals surface area contributed by atoms with Gasteiger partial charge in [-0.1, -0.05) is 41.6 Å². The number of likely N-dealkylation sites (N-methyl/N-ethyl adjacent to an activating group) is 1. The number of nitrogens with one attached hydrogen (secondary N) is 1. The molecule has 2 N–H and O–H groups in total. The van der Waals surface area contributed by atoms with Gasteiger partial charge in [0.2, 0.25) is 11.7 Å². The van der Waals surface area contributed by atoms with E-state index < -0.39 is 0 Å². The number of amides is 1. The van der Waals surface area contributed by atoms with E-state index in [1.165, 1.54) is 0 Å². The minimum atomic E-state index is -0.337. The normalized spacial score (nSPS) is 17.0. The number of tetrazole rings is 1. The van der Waals surface area contributed by atoms with Gasteiger partial charge in [-0.05, 0) is 24.1 Å². The highest BCUT2D eigenvalue weighted by molar-refractivity contribution is 5.88. The van der Waals surface area contributed by atoms with Crippen molar-refractivity contribution in [2.24, 2.45) is 0 Å². The Balaban J connectivity index is 1.36. The van der Waals surface area contributed by atoms with Crippen LogP contribution in [0.1, 0.15) is 29.6 Å². The zero-order chi connectivity index (χ0) is 24.2. The Kier molecular flexibility index (Phi) is 6.73. The van der Waals surface area contributed by atoms with E-state index in [1.54, 1.807) is 11.2 Å². The Morgan fingerprint density at radius 3 is 3.00 bits per heavy atom. The first-order chi connectivity index (χ1) is 17.1. The van der Waals surface area contributed by atoms with Crippen LogP contribution in [0.15, 0.2) is 59.2 Å². The van der Waals surface area contributed by atoms with Crippen molar-refractivity contribution in [3.05, 3.63) is 71.9 Å². The monoisotopic (exact) mass is 476 g/mol. The number of ether oxygens (including phenoxy) is 1. The number of nitrogens with zero attached hydrogens (tertiary/aromatic N) is 5. The molecule has 182 valence electrons. The molecular weight excluding hydrogens is 448 g/mol. The van der Waals surface area contributed by atoms with E-state index in [2.05, 4.69) is 25.5 Å². The van der Waals surface area contributed by atoms with Crippen molar-refractivity contribution in [2.75, 3.05) is 26.7 Å². The summed E-state index contributed by atoms with van der Waals surface area (Å²) in [6.07, 6.45) is 2.25. The van der Waals surface area contributed by atoms with Crippen molar-refractivity contribution < 1.29 is 19.1 Å². The lowest BCUT2D eigenvalue weighted by Crippen LogP contribution is -2.39. The van der Waals surface area contributed by atoms with Gasteiger partial charge in [0.15, 0.2) is 6.61 Å². The zero-order valence-corrected chi connectivity index (χ0v) is 19.5. The predicted octanol–water partition coefficient (Wildman–Crippen LogP) is 2.33. The Morgan fingerprint density at radius 1 is 1.31 bits per heavy atom. The number of β-amino-alcohol motifs (C(OH)–C–C–N with tert-alkyl or cyclic N) is 1. The summed E-state index contributed by atoms with van der Waals surface area (Å²) in [5, 5.41) is 25.7. The Hall–Kier alpha value is -3.76. The Bertz CT molecular complexity index is 1270. The first-order valence-corrected chi connectivity index (χ1v) is 11.6. The van der Waals surface area contributed by atoms with E-state index >= 15 is 0 Å². The summed E-state index contributed by atoms with van der Waals surface area (Å²) in [5.41, 5.74) is 0.942. The van der Waals surface area contributed by atoms with E-state index in [0.717, 1.165) is 29.3 Å². The van der Waals surface area contributed by atoms with E-state index in [4.69, 9.17) is 9.15 Å². The van der Waals surface area contributed by atoms with E-state index in [-0.39, 0.29) is 31.1 Å². The van der Waals surface area contributed by atoms with E-state index in [0.29, 0.717) is 30.4 Å². The third-order valence-electron chi connectivity index (χ3n) is 6.44.